The van der Waals surface area contributed by atoms with Crippen LogP contribution in [0.15, 0.2) is 0 Å². The third kappa shape index (κ3) is 3.62. The van der Waals surface area contributed by atoms with Crippen LogP contribution in [0.5, 0.6) is 0 Å². The number of halogens is 1. The van der Waals surface area contributed by atoms with E-state index < -0.39 is 15.9 Å². The molecule has 0 atom stereocenters. The van der Waals surface area contributed by atoms with E-state index in [4.69, 9.17) is 8.42 Å². The van der Waals surface area contributed by atoms with Crippen molar-refractivity contribution in [3.8, 4) is 0 Å². The normalized spacial score (nSPS) is 6.60. The number of hydrogen-bond donors (Lipinski definition) is 0. The fraction of sp³-hybridized carbons (Fsp3) is 0. The molecule has 0 aromatic carbocycles. The first kappa shape index (κ1) is 4.62. The third-order valence-corrected chi connectivity index (χ3v) is 0.218. The van der Waals surface area contributed by atoms with Gasteiger partial charge in [-0.15, -0.1) is 0 Å². The molecule has 0 rings (SSSR count). The second-order valence-corrected chi connectivity index (χ2v) is 1.05. The van der Waals surface area contributed by atoms with Crippen molar-refractivity contribution in [1.29, 1.82) is 0 Å². The molecular weight excluding hydrogens is 95.1 g/mol. The van der Waals surface area contributed by atoms with E-state index in [1.807, 2.05) is 0 Å². The van der Waals surface area contributed by atoms with Crippen LogP contribution in [0.1, 0.15) is 0 Å². The molecule has 0 amide bonds. The zero-order chi connectivity index (χ0) is 4.28. The lowest BCUT2D eigenvalue weighted by Gasteiger charge is -1.35. The van der Waals surface area contributed by atoms with Gasteiger partial charge in [-0.2, -0.15) is 12.8 Å². The first-order chi connectivity index (χ1) is 2.27. The molecule has 5 heavy (non-hydrogen) atoms. The zero-order valence-electron chi connectivity index (χ0n) is 2.18. The first-order valence-corrected chi connectivity index (χ1v) is 1.93. The molecule has 0 radical (unpaired) electrons. The average molecular weight is 96.1 g/mol. The molecule has 0 bridgehead atoms. The predicted molar refractivity (Wildman–Crippen MR) is 16.1 cm³/mol. The van der Waals surface area contributed by atoms with E-state index in [9.17, 15) is 4.39 Å². The van der Waals surface area contributed by atoms with Gasteiger partial charge in [0.25, 0.3) is 0 Å². The van der Waals surface area contributed by atoms with Crippen molar-refractivity contribution in [2.75, 3.05) is 0 Å². The molecule has 4 heteroatoms. The molecule has 0 heterocycles. The standard InChI is InChI=1S/CHFO2S/c2-1-5(3)4/h1H. The van der Waals surface area contributed by atoms with Crippen molar-refractivity contribution in [3.63, 3.8) is 0 Å². The second kappa shape index (κ2) is 1.90. The van der Waals surface area contributed by atoms with Crippen LogP contribution in [0.2, 0.25) is 0 Å². The van der Waals surface area contributed by atoms with Crippen LogP contribution >= 0.6 is 0 Å². The van der Waals surface area contributed by atoms with Crippen LogP contribution in [0.3, 0.4) is 0 Å². The minimum atomic E-state index is -2.61. The van der Waals surface area contributed by atoms with Crippen molar-refractivity contribution in [2.24, 2.45) is 0 Å². The summed E-state index contributed by atoms with van der Waals surface area (Å²) in [7, 11) is -2.61. The van der Waals surface area contributed by atoms with E-state index in [1.165, 1.54) is 0 Å². The van der Waals surface area contributed by atoms with Gasteiger partial charge in [0.1, 0.15) is 0 Å². The first-order valence-electron chi connectivity index (χ1n) is 0.787. The van der Waals surface area contributed by atoms with Gasteiger partial charge in [-0.05, 0) is 0 Å². The van der Waals surface area contributed by atoms with Gasteiger partial charge in [-0.1, -0.05) is 0 Å². The van der Waals surface area contributed by atoms with Crippen LogP contribution in [-0.2, 0) is 10.3 Å². The van der Waals surface area contributed by atoms with Gasteiger partial charge >= 0.3 is 0 Å². The van der Waals surface area contributed by atoms with E-state index in [0.717, 1.165) is 0 Å². The van der Waals surface area contributed by atoms with Crippen LogP contribution in [0.25, 0.3) is 0 Å². The van der Waals surface area contributed by atoms with Crippen molar-refractivity contribution >= 4 is 15.9 Å². The molecule has 0 aliphatic heterocycles. The van der Waals surface area contributed by atoms with Gasteiger partial charge in [0, 0.05) is 0 Å². The maximum absolute atomic E-state index is 10.4. The van der Waals surface area contributed by atoms with Crippen molar-refractivity contribution in [2.45, 2.75) is 0 Å². The molecule has 30 valence electrons. The lowest BCUT2D eigenvalue weighted by molar-refractivity contribution is 0.625. The van der Waals surface area contributed by atoms with Crippen LogP contribution < -0.4 is 0 Å². The lowest BCUT2D eigenvalue weighted by Crippen LogP contribution is -1.52. The minimum Gasteiger partial charge on any atom is -0.198 e. The molecule has 0 spiro atoms. The molecule has 0 saturated carbocycles. The quantitative estimate of drug-likeness (QED) is 0.303. The molecule has 0 aliphatic carbocycles. The Morgan fingerprint density at radius 3 is 1.80 bits per heavy atom. The van der Waals surface area contributed by atoms with Gasteiger partial charge in [0.15, 0.2) is 0 Å². The van der Waals surface area contributed by atoms with Gasteiger partial charge < -0.3 is 0 Å². The summed E-state index contributed by atoms with van der Waals surface area (Å²) in [5.74, 6) is 0. The molecule has 0 saturated heterocycles. The van der Waals surface area contributed by atoms with E-state index in [0.29, 0.717) is 0 Å². The number of hydrogen-bond acceptors (Lipinski definition) is 2. The molecule has 0 fully saturated rings. The second-order valence-electron chi connectivity index (χ2n) is 0.350. The highest BCUT2D eigenvalue weighted by Gasteiger charge is 1.52. The minimum absolute atomic E-state index is 0.417. The summed E-state index contributed by atoms with van der Waals surface area (Å²) in [6.45, 7) is 0. The Balaban J connectivity index is 4.25. The molecule has 0 aromatic rings. The smallest absolute Gasteiger partial charge is 0.198 e. The highest BCUT2D eigenvalue weighted by atomic mass is 32.2. The summed E-state index contributed by atoms with van der Waals surface area (Å²) in [6.07, 6.45) is 0. The summed E-state index contributed by atoms with van der Waals surface area (Å²) >= 11 is 0. The highest BCUT2D eigenvalue weighted by Crippen LogP contribution is 1.38. The van der Waals surface area contributed by atoms with E-state index in [2.05, 4.69) is 0 Å². The molecular formula is CHFO2S. The van der Waals surface area contributed by atoms with E-state index in [1.54, 1.807) is 0 Å². The molecule has 0 unspecified atom stereocenters. The van der Waals surface area contributed by atoms with Crippen LogP contribution in [0, 0.1) is 0 Å². The maximum Gasteiger partial charge on any atom is 0.242 e. The van der Waals surface area contributed by atoms with Gasteiger partial charge in [0.05, 0.1) is 0 Å². The lowest BCUT2D eigenvalue weighted by atomic mass is 11.8. The summed E-state index contributed by atoms with van der Waals surface area (Å²) in [5.41, 5.74) is -0.417. The molecule has 0 aliphatic rings. The molecule has 2 nitrogen and oxygen atoms in total. The SMILES string of the molecule is O=S(=O)=CF. The highest BCUT2D eigenvalue weighted by molar-refractivity contribution is 7.71. The largest absolute Gasteiger partial charge is 0.242 e. The Morgan fingerprint density at radius 1 is 1.60 bits per heavy atom. The Kier molecular flexibility index (Phi) is 1.75. The van der Waals surface area contributed by atoms with Crippen LogP contribution in [-0.4, -0.2) is 14.0 Å². The zero-order valence-corrected chi connectivity index (χ0v) is 3.00. The van der Waals surface area contributed by atoms with Crippen molar-refractivity contribution in [1.82, 2.24) is 0 Å². The Morgan fingerprint density at radius 2 is 1.80 bits per heavy atom. The Hall–Kier alpha value is -0.380. The summed E-state index contributed by atoms with van der Waals surface area (Å²) in [5, 5.41) is 0. The topological polar surface area (TPSA) is 34.1 Å². The summed E-state index contributed by atoms with van der Waals surface area (Å²) in [4.78, 5) is 0. The Labute approximate surface area is 29.8 Å². The van der Waals surface area contributed by atoms with Crippen LogP contribution in [0.4, 0.5) is 4.39 Å². The van der Waals surface area contributed by atoms with E-state index >= 15 is 0 Å². The van der Waals surface area contributed by atoms with Gasteiger partial charge in [-0.25, -0.2) is 0 Å². The average Bonchev–Trinajstić information content (AvgIpc) is 1.38. The fourth-order valence-electron chi connectivity index (χ4n) is 0. The predicted octanol–water partition coefficient (Wildman–Crippen LogP) is -0.405. The third-order valence-electron chi connectivity index (χ3n) is 0.0727. The monoisotopic (exact) mass is 96.0 g/mol. The fourth-order valence-corrected chi connectivity index (χ4v) is 0. The molecule has 0 aromatic heterocycles. The van der Waals surface area contributed by atoms with E-state index in [-0.39, 0.29) is 0 Å². The summed E-state index contributed by atoms with van der Waals surface area (Å²) in [6, 6.07) is 0. The van der Waals surface area contributed by atoms with Crippen molar-refractivity contribution in [3.05, 3.63) is 0 Å². The summed E-state index contributed by atoms with van der Waals surface area (Å²) < 4.78 is 28.3. The maximum atomic E-state index is 10.4. The van der Waals surface area contributed by atoms with Gasteiger partial charge in [-0.3, -0.25) is 0 Å². The van der Waals surface area contributed by atoms with Crippen molar-refractivity contribution < 1.29 is 12.8 Å². The number of rotatable bonds is 0. The Bertz CT molecular complexity index is 113. The molecule has 0 N–H and O–H groups in total. The van der Waals surface area contributed by atoms with Gasteiger partial charge in [0.2, 0.25) is 15.9 Å².